The molecule has 0 unspecified atom stereocenters. The van der Waals surface area contributed by atoms with Gasteiger partial charge in [0.15, 0.2) is 5.78 Å². The van der Waals surface area contributed by atoms with Crippen LogP contribution in [0.25, 0.3) is 0 Å². The lowest BCUT2D eigenvalue weighted by Gasteiger charge is -2.35. The maximum absolute atomic E-state index is 12.0. The van der Waals surface area contributed by atoms with E-state index >= 15 is 0 Å². The number of benzene rings is 1. The minimum absolute atomic E-state index is 0.0264. The third-order valence-electron chi connectivity index (χ3n) is 3.78. The Kier molecular flexibility index (Phi) is 7.25. The van der Waals surface area contributed by atoms with E-state index in [1.807, 2.05) is 13.8 Å². The van der Waals surface area contributed by atoms with Crippen molar-refractivity contribution in [2.75, 3.05) is 18.8 Å². The molecule has 1 N–H and O–H groups in total. The summed E-state index contributed by atoms with van der Waals surface area (Å²) in [7, 11) is -0.898. The lowest BCUT2D eigenvalue weighted by atomic mass is 9.72. The summed E-state index contributed by atoms with van der Waals surface area (Å²) in [5.74, 6) is 0.250. The zero-order chi connectivity index (χ0) is 17.7. The maximum atomic E-state index is 12.0. The second-order valence-corrected chi connectivity index (χ2v) is 10.7. The van der Waals surface area contributed by atoms with Gasteiger partial charge in [0.2, 0.25) is 0 Å². The largest absolute Gasteiger partial charge is 0.507 e. The average molecular weight is 323 g/mol. The van der Waals surface area contributed by atoms with Crippen molar-refractivity contribution >= 4 is 15.8 Å². The van der Waals surface area contributed by atoms with Gasteiger partial charge in [-0.25, -0.2) is 10.0 Å². The molecule has 0 atom stereocenters. The van der Waals surface area contributed by atoms with Crippen LogP contribution in [0.5, 0.6) is 5.75 Å². The highest BCUT2D eigenvalue weighted by Gasteiger charge is 2.34. The molecule has 22 heavy (non-hydrogen) atoms. The molecule has 0 saturated carbocycles. The number of carbonyl (C=O) groups is 1. The molecule has 1 aromatic rings. The average Bonchev–Trinajstić information content (AvgIpc) is 2.46. The highest BCUT2D eigenvalue weighted by molar-refractivity contribution is 8.32. The fourth-order valence-electron chi connectivity index (χ4n) is 2.47. The van der Waals surface area contributed by atoms with Gasteiger partial charge in [0, 0.05) is 6.42 Å². The normalized spacial score (nSPS) is 16.3. The van der Waals surface area contributed by atoms with Gasteiger partial charge >= 0.3 is 0 Å². The summed E-state index contributed by atoms with van der Waals surface area (Å²) in [6, 6.07) is 3.93. The number of hydrogen-bond donors (Lipinski definition) is 1. The molecule has 0 amide bonds. The highest BCUT2D eigenvalue weighted by atomic mass is 32.3. The Morgan fingerprint density at radius 3 is 2.09 bits per heavy atom. The summed E-state index contributed by atoms with van der Waals surface area (Å²) in [4.78, 5) is 13.2. The number of Topliss-reactive ketones (excluding diaryl/α,β-unsaturated/α-hetero) is 1. The molecular weight excluding hydrogens is 292 g/mol. The smallest absolute Gasteiger partial charge is 0.166 e. The van der Waals surface area contributed by atoms with Crippen LogP contribution < -0.4 is 0 Å². The van der Waals surface area contributed by atoms with Gasteiger partial charge in [0.05, 0.1) is 5.56 Å². The van der Waals surface area contributed by atoms with E-state index in [-0.39, 0.29) is 16.9 Å². The molecule has 2 nitrogen and oxygen atoms in total. The minimum Gasteiger partial charge on any atom is -0.507 e. The van der Waals surface area contributed by atoms with E-state index in [9.17, 15) is 9.90 Å². The zero-order valence-electron chi connectivity index (χ0n) is 15.0. The number of hydrogen-bond acceptors (Lipinski definition) is 2. The van der Waals surface area contributed by atoms with Crippen molar-refractivity contribution in [3.8, 4) is 18.6 Å². The van der Waals surface area contributed by atoms with Crippen LogP contribution in [0.2, 0.25) is 0 Å². The number of phenols is 1. The van der Waals surface area contributed by atoms with Crippen LogP contribution in [0, 0.1) is 12.8 Å². The molecule has 0 bridgehead atoms. The van der Waals surface area contributed by atoms with E-state index in [0.717, 1.165) is 12.0 Å². The second-order valence-electron chi connectivity index (χ2n) is 6.51. The monoisotopic (exact) mass is 322 g/mol. The van der Waals surface area contributed by atoms with E-state index in [4.69, 9.17) is 0 Å². The van der Waals surface area contributed by atoms with Gasteiger partial charge in [0.25, 0.3) is 0 Å². The molecule has 1 aliphatic carbocycles. The lowest BCUT2D eigenvalue weighted by Crippen LogP contribution is -2.27. The summed E-state index contributed by atoms with van der Waals surface area (Å²) in [6.45, 7) is 8.30. The number of aromatic hydroxyl groups is 1. The number of carbonyl (C=O) groups excluding carboxylic acids is 1. The Hall–Kier alpha value is -1.40. The van der Waals surface area contributed by atoms with Crippen molar-refractivity contribution in [3.63, 3.8) is 0 Å². The number of fused-ring (bicyclic) bond motifs is 1. The number of terminal acetylenes is 1. The third kappa shape index (κ3) is 4.30. The van der Waals surface area contributed by atoms with Gasteiger partial charge in [-0.3, -0.25) is 4.79 Å². The Balaban J connectivity index is 0.00000102. The van der Waals surface area contributed by atoms with Crippen LogP contribution in [0.3, 0.4) is 0 Å². The molecule has 2 rings (SSSR count). The Morgan fingerprint density at radius 2 is 1.64 bits per heavy atom. The summed E-state index contributed by atoms with van der Waals surface area (Å²) in [5, 5.41) is 10.2. The summed E-state index contributed by atoms with van der Waals surface area (Å²) >= 11 is 0. The molecule has 1 aliphatic rings. The minimum atomic E-state index is -0.898. The predicted molar refractivity (Wildman–Crippen MR) is 99.6 cm³/mol. The molecule has 0 aromatic heterocycles. The van der Waals surface area contributed by atoms with E-state index in [2.05, 4.69) is 51.5 Å². The first-order valence-electron chi connectivity index (χ1n) is 7.55. The fourth-order valence-corrected chi connectivity index (χ4v) is 3.40. The fraction of sp³-hybridized carbons (Fsp3) is 0.526. The van der Waals surface area contributed by atoms with E-state index < -0.39 is 10.0 Å². The first-order valence-corrected chi connectivity index (χ1v) is 10.4. The number of phenolic OH excluding ortho intramolecular Hbond substituents is 1. The quantitative estimate of drug-likeness (QED) is 0.741. The molecule has 0 fully saturated rings. The first-order chi connectivity index (χ1) is 10.1. The van der Waals surface area contributed by atoms with Crippen molar-refractivity contribution in [1.82, 2.24) is 0 Å². The molecule has 0 aliphatic heterocycles. The molecule has 0 saturated heterocycles. The van der Waals surface area contributed by atoms with Crippen LogP contribution in [-0.4, -0.2) is 29.7 Å². The van der Waals surface area contributed by atoms with Gasteiger partial charge in [-0.1, -0.05) is 27.7 Å². The van der Waals surface area contributed by atoms with Crippen LogP contribution in [0.15, 0.2) is 17.0 Å². The van der Waals surface area contributed by atoms with Crippen molar-refractivity contribution in [2.45, 2.75) is 50.8 Å². The predicted octanol–water partition coefficient (Wildman–Crippen LogP) is 4.97. The van der Waals surface area contributed by atoms with Gasteiger partial charge < -0.3 is 5.11 Å². The maximum Gasteiger partial charge on any atom is 0.166 e. The molecule has 1 aromatic carbocycles. The molecule has 0 radical (unpaired) electrons. The van der Waals surface area contributed by atoms with Crippen molar-refractivity contribution in [1.29, 1.82) is 0 Å². The van der Waals surface area contributed by atoms with Gasteiger partial charge in [-0.15, -0.1) is 12.8 Å². The van der Waals surface area contributed by atoms with Crippen LogP contribution in [-0.2, 0) is 5.41 Å². The van der Waals surface area contributed by atoms with Gasteiger partial charge in [-0.2, -0.15) is 0 Å². The standard InChI is InChI=1S/C15H22O2S.C2H6.C2H2/c1-15(2)7-6-12(16)14-11(15)8-10(9-13(14)17)18(3,4)5;2*1-2/h8-9,17H,6-7H2,1-5H3;1-2H3;1-2H. The van der Waals surface area contributed by atoms with Gasteiger partial charge in [0.1, 0.15) is 5.75 Å². The molecule has 3 heteroatoms. The molecule has 0 spiro atoms. The SMILES string of the molecule is C#C.CC.CC1(C)CCC(=O)c2c(O)cc(S(C)(C)C)cc21. The first kappa shape index (κ1) is 20.6. The van der Waals surface area contributed by atoms with Crippen molar-refractivity contribution < 1.29 is 9.90 Å². The summed E-state index contributed by atoms with van der Waals surface area (Å²) in [6.07, 6.45) is 16.0. The molecular formula is C19H30O2S. The van der Waals surface area contributed by atoms with Gasteiger partial charge in [-0.05, 0) is 53.2 Å². The van der Waals surface area contributed by atoms with Crippen molar-refractivity contribution in [2.24, 2.45) is 0 Å². The number of rotatable bonds is 1. The molecule has 124 valence electrons. The van der Waals surface area contributed by atoms with Crippen LogP contribution in [0.1, 0.15) is 56.5 Å². The second kappa shape index (κ2) is 7.74. The highest BCUT2D eigenvalue weighted by Crippen LogP contribution is 2.50. The topological polar surface area (TPSA) is 37.3 Å². The van der Waals surface area contributed by atoms with Crippen molar-refractivity contribution in [3.05, 3.63) is 23.3 Å². The van der Waals surface area contributed by atoms with E-state index in [1.165, 1.54) is 4.90 Å². The van der Waals surface area contributed by atoms with Crippen LogP contribution >= 0.6 is 10.0 Å². The zero-order valence-corrected chi connectivity index (χ0v) is 15.8. The Morgan fingerprint density at radius 1 is 1.14 bits per heavy atom. The number of ketones is 1. The summed E-state index contributed by atoms with van der Waals surface area (Å²) < 4.78 is 0. The Labute approximate surface area is 137 Å². The van der Waals surface area contributed by atoms with E-state index in [0.29, 0.717) is 12.0 Å². The third-order valence-corrected chi connectivity index (χ3v) is 5.43. The Bertz CT molecular complexity index is 549. The lowest BCUT2D eigenvalue weighted by molar-refractivity contribution is 0.0953. The molecule has 0 heterocycles. The van der Waals surface area contributed by atoms with Crippen LogP contribution in [0.4, 0.5) is 0 Å². The summed E-state index contributed by atoms with van der Waals surface area (Å²) in [5.41, 5.74) is 1.55. The van der Waals surface area contributed by atoms with E-state index in [1.54, 1.807) is 6.07 Å².